The van der Waals surface area contributed by atoms with Gasteiger partial charge >= 0.3 is 0 Å². The summed E-state index contributed by atoms with van der Waals surface area (Å²) in [5, 5.41) is 3.66. The van der Waals surface area contributed by atoms with E-state index in [1.54, 1.807) is 41.5 Å². The molecule has 12 nitrogen and oxygen atoms in total. The van der Waals surface area contributed by atoms with Gasteiger partial charge in [-0.05, 0) is 51.3 Å². The Morgan fingerprint density at radius 3 is 2.79 bits per heavy atom. The molecule has 0 aliphatic carbocycles. The summed E-state index contributed by atoms with van der Waals surface area (Å²) in [5.41, 5.74) is 3.31. The van der Waals surface area contributed by atoms with E-state index in [1.165, 1.54) is 22.0 Å². The molecule has 0 radical (unpaired) electrons. The van der Waals surface area contributed by atoms with Crippen LogP contribution in [0.2, 0.25) is 0 Å². The van der Waals surface area contributed by atoms with Gasteiger partial charge in [-0.3, -0.25) is 4.79 Å². The minimum Gasteiger partial charge on any atom is -0.492 e. The van der Waals surface area contributed by atoms with Crippen molar-refractivity contribution < 1.29 is 8.95 Å². The first-order valence-electron chi connectivity index (χ1n) is 13.7. The molecular formula is C29H37N9O3S. The number of nitrogens with zero attached hydrogens (tertiary/aromatic N) is 8. The van der Waals surface area contributed by atoms with Crippen LogP contribution in [0.4, 0.5) is 17.5 Å². The Morgan fingerprint density at radius 1 is 1.24 bits per heavy atom. The number of anilines is 2. The smallest absolute Gasteiger partial charge is 0.278 e. The molecule has 0 fully saturated rings. The third-order valence-electron chi connectivity index (χ3n) is 6.77. The van der Waals surface area contributed by atoms with E-state index in [4.69, 9.17) is 9.72 Å². The van der Waals surface area contributed by atoms with Crippen LogP contribution in [0.15, 0.2) is 58.3 Å². The molecule has 4 aromatic rings. The maximum Gasteiger partial charge on any atom is 0.278 e. The van der Waals surface area contributed by atoms with E-state index in [2.05, 4.69) is 49.1 Å². The molecule has 0 amide bonds. The molecule has 1 aliphatic rings. The second-order valence-corrected chi connectivity index (χ2v) is 13.5. The fourth-order valence-corrected chi connectivity index (χ4v) is 5.44. The lowest BCUT2D eigenvalue weighted by molar-refractivity contribution is 0.253. The molecule has 3 aromatic heterocycles. The Morgan fingerprint density at radius 2 is 2.05 bits per heavy atom. The summed E-state index contributed by atoms with van der Waals surface area (Å²) in [5.74, 6) is 1.89. The summed E-state index contributed by atoms with van der Waals surface area (Å²) >= 11 is 0. The standard InChI is InChI=1S/C29H37N9O3S/c1-7-12-37-28(39)23-18-30-29(33-27(23)38(37)26-10-8-9-25(32-26)34-42(5,6)40)31-21-16-20-19-36(4)13-11-22(20)24(17-21)41-15-14-35(2)3/h7-10,16-18H,1,11-15,19H2,2-6H3,(H,30,31,33). The van der Waals surface area contributed by atoms with E-state index in [1.807, 2.05) is 20.2 Å². The normalized spacial score (nSPS) is 13.8. The van der Waals surface area contributed by atoms with Gasteiger partial charge in [-0.1, -0.05) is 12.1 Å². The van der Waals surface area contributed by atoms with Crippen LogP contribution in [0.1, 0.15) is 11.1 Å². The molecule has 13 heteroatoms. The number of likely N-dealkylation sites (N-methyl/N-ethyl adjacent to an activating group) is 2. The van der Waals surface area contributed by atoms with Crippen LogP contribution in [-0.2, 0) is 29.2 Å². The number of hydrogen-bond donors (Lipinski definition) is 1. The molecule has 1 aliphatic heterocycles. The second kappa shape index (κ2) is 12.0. The molecule has 0 saturated heterocycles. The van der Waals surface area contributed by atoms with Crippen LogP contribution in [-0.4, -0.2) is 91.7 Å². The van der Waals surface area contributed by atoms with Gasteiger partial charge < -0.3 is 19.9 Å². The Kier molecular flexibility index (Phi) is 8.43. The first-order chi connectivity index (χ1) is 20.0. The van der Waals surface area contributed by atoms with Crippen molar-refractivity contribution in [3.63, 3.8) is 0 Å². The molecule has 5 rings (SSSR count). The molecule has 1 N–H and O–H groups in total. The fraction of sp³-hybridized carbons (Fsp3) is 0.379. The maximum atomic E-state index is 13.4. The van der Waals surface area contributed by atoms with Gasteiger partial charge in [0.25, 0.3) is 5.56 Å². The van der Waals surface area contributed by atoms with Crippen molar-refractivity contribution in [2.24, 2.45) is 4.36 Å². The predicted molar refractivity (Wildman–Crippen MR) is 167 cm³/mol. The summed E-state index contributed by atoms with van der Waals surface area (Å²) < 4.78 is 25.9. The molecule has 0 spiro atoms. The highest BCUT2D eigenvalue weighted by atomic mass is 32.2. The fourth-order valence-electron chi connectivity index (χ4n) is 4.88. The predicted octanol–water partition coefficient (Wildman–Crippen LogP) is 3.19. The van der Waals surface area contributed by atoms with Gasteiger partial charge in [-0.25, -0.2) is 23.5 Å². The Labute approximate surface area is 245 Å². The second-order valence-electron chi connectivity index (χ2n) is 10.9. The van der Waals surface area contributed by atoms with Crippen molar-refractivity contribution >= 4 is 38.2 Å². The summed E-state index contributed by atoms with van der Waals surface area (Å²) in [6.45, 7) is 7.20. The molecule has 0 atom stereocenters. The quantitative estimate of drug-likeness (QED) is 0.277. The number of pyridine rings is 1. The minimum absolute atomic E-state index is 0.227. The van der Waals surface area contributed by atoms with Crippen molar-refractivity contribution in [3.8, 4) is 11.6 Å². The average Bonchev–Trinajstić information content (AvgIpc) is 3.18. The summed E-state index contributed by atoms with van der Waals surface area (Å²) in [6, 6.07) is 9.27. The lowest BCUT2D eigenvalue weighted by Crippen LogP contribution is -2.27. The van der Waals surface area contributed by atoms with Crippen LogP contribution >= 0.6 is 0 Å². The third-order valence-corrected chi connectivity index (χ3v) is 7.39. The topological polar surface area (TPSA) is 123 Å². The molecular weight excluding hydrogens is 554 g/mol. The number of rotatable bonds is 10. The van der Waals surface area contributed by atoms with Crippen LogP contribution in [0.25, 0.3) is 16.9 Å². The lowest BCUT2D eigenvalue weighted by atomic mass is 9.98. The van der Waals surface area contributed by atoms with Gasteiger partial charge in [0, 0.05) is 65.4 Å². The highest BCUT2D eigenvalue weighted by Gasteiger charge is 2.21. The number of fused-ring (bicyclic) bond motifs is 2. The maximum absolute atomic E-state index is 13.4. The van der Waals surface area contributed by atoms with Crippen LogP contribution in [0.3, 0.4) is 0 Å². The number of aromatic nitrogens is 5. The molecule has 0 saturated carbocycles. The van der Waals surface area contributed by atoms with E-state index in [0.29, 0.717) is 35.2 Å². The monoisotopic (exact) mass is 591 g/mol. The Balaban J connectivity index is 1.58. The van der Waals surface area contributed by atoms with Gasteiger partial charge in [-0.15, -0.1) is 6.58 Å². The SMILES string of the molecule is C=CCn1c(=O)c2cnc(Nc3cc4c(c(OCCN(C)C)c3)CCN(C)C4)nc2n1-c1cccc(N=S(C)(C)=O)n1. The van der Waals surface area contributed by atoms with Gasteiger partial charge in [0.2, 0.25) is 5.95 Å². The van der Waals surface area contributed by atoms with E-state index in [-0.39, 0.29) is 12.1 Å². The van der Waals surface area contributed by atoms with Crippen LogP contribution < -0.4 is 15.6 Å². The first kappa shape index (κ1) is 29.4. The summed E-state index contributed by atoms with van der Waals surface area (Å²) in [7, 11) is 3.72. The highest BCUT2D eigenvalue weighted by Crippen LogP contribution is 2.33. The largest absolute Gasteiger partial charge is 0.492 e. The average molecular weight is 592 g/mol. The molecule has 222 valence electrons. The first-order valence-corrected chi connectivity index (χ1v) is 16.0. The zero-order chi connectivity index (χ0) is 30.0. The third kappa shape index (κ3) is 6.53. The number of nitrogens with one attached hydrogen (secondary N) is 1. The summed E-state index contributed by atoms with van der Waals surface area (Å²) in [4.78, 5) is 31.5. The number of allylic oxidation sites excluding steroid dienone is 1. The molecule has 0 unspecified atom stereocenters. The zero-order valence-electron chi connectivity index (χ0n) is 24.7. The molecule has 1 aromatic carbocycles. The zero-order valence-corrected chi connectivity index (χ0v) is 25.5. The van der Waals surface area contributed by atoms with Crippen molar-refractivity contribution in [1.29, 1.82) is 0 Å². The Bertz CT molecular complexity index is 1810. The van der Waals surface area contributed by atoms with Crippen molar-refractivity contribution in [2.75, 3.05) is 58.7 Å². The van der Waals surface area contributed by atoms with Gasteiger partial charge in [-0.2, -0.15) is 9.35 Å². The number of hydrogen-bond acceptors (Lipinski definition) is 10. The van der Waals surface area contributed by atoms with E-state index in [9.17, 15) is 9.00 Å². The molecule has 4 heterocycles. The van der Waals surface area contributed by atoms with Crippen LogP contribution in [0, 0.1) is 0 Å². The van der Waals surface area contributed by atoms with Gasteiger partial charge in [0.05, 0.1) is 6.54 Å². The van der Waals surface area contributed by atoms with Crippen molar-refractivity contribution in [3.05, 3.63) is 70.7 Å². The lowest BCUT2D eigenvalue weighted by Gasteiger charge is -2.27. The minimum atomic E-state index is -2.43. The van der Waals surface area contributed by atoms with Crippen LogP contribution in [0.5, 0.6) is 5.75 Å². The van der Waals surface area contributed by atoms with E-state index >= 15 is 0 Å². The summed E-state index contributed by atoms with van der Waals surface area (Å²) in [6.07, 6.45) is 7.15. The highest BCUT2D eigenvalue weighted by molar-refractivity contribution is 7.92. The van der Waals surface area contributed by atoms with E-state index < -0.39 is 9.73 Å². The number of benzene rings is 1. The van der Waals surface area contributed by atoms with Crippen molar-refractivity contribution in [1.82, 2.24) is 34.1 Å². The Hall–Kier alpha value is -4.07. The van der Waals surface area contributed by atoms with Gasteiger partial charge in [0.15, 0.2) is 17.3 Å². The van der Waals surface area contributed by atoms with E-state index in [0.717, 1.165) is 37.5 Å². The molecule has 42 heavy (non-hydrogen) atoms. The molecule has 0 bridgehead atoms. The van der Waals surface area contributed by atoms with Gasteiger partial charge in [0.1, 0.15) is 17.7 Å². The number of ether oxygens (including phenoxy) is 1. The van der Waals surface area contributed by atoms with Crippen molar-refractivity contribution in [2.45, 2.75) is 19.5 Å².